The number of hydrogen-bond donors (Lipinski definition) is 0. The Morgan fingerprint density at radius 3 is 2.57 bits per heavy atom. The lowest BCUT2D eigenvalue weighted by Crippen LogP contribution is -2.51. The van der Waals surface area contributed by atoms with E-state index in [1.165, 1.54) is 11.3 Å². The van der Waals surface area contributed by atoms with E-state index < -0.39 is 5.97 Å². The molecule has 0 N–H and O–H groups in total. The minimum atomic E-state index is -0.517. The second-order valence-electron chi connectivity index (χ2n) is 6.56. The van der Waals surface area contributed by atoms with Crippen LogP contribution >= 0.6 is 22.9 Å². The molecule has 2 amide bonds. The molecule has 8 nitrogen and oxygen atoms in total. The van der Waals surface area contributed by atoms with Gasteiger partial charge >= 0.3 is 12.1 Å². The Morgan fingerprint density at radius 1 is 1.13 bits per heavy atom. The van der Waals surface area contributed by atoms with Gasteiger partial charge in [-0.15, -0.1) is 11.3 Å². The maximum absolute atomic E-state index is 12.3. The molecule has 1 aliphatic rings. The number of nitrogens with zero attached hydrogens (tertiary/aromatic N) is 3. The van der Waals surface area contributed by atoms with Crippen molar-refractivity contribution in [3.8, 4) is 10.6 Å². The number of esters is 1. The molecule has 1 fully saturated rings. The molecule has 0 atom stereocenters. The van der Waals surface area contributed by atoms with E-state index in [2.05, 4.69) is 4.98 Å². The quantitative estimate of drug-likeness (QED) is 0.627. The summed E-state index contributed by atoms with van der Waals surface area (Å²) >= 11 is 7.41. The highest BCUT2D eigenvalue weighted by Gasteiger charge is 2.25. The molecule has 160 valence electrons. The molecule has 0 unspecified atom stereocenters. The number of ether oxygens (including phenoxy) is 2. The number of hydrogen-bond acceptors (Lipinski definition) is 7. The van der Waals surface area contributed by atoms with Crippen LogP contribution in [-0.2, 0) is 25.5 Å². The number of carbonyl (C=O) groups is 3. The number of piperazine rings is 1. The van der Waals surface area contributed by atoms with Crippen molar-refractivity contribution in [2.45, 2.75) is 13.3 Å². The highest BCUT2D eigenvalue weighted by molar-refractivity contribution is 7.13. The first kappa shape index (κ1) is 22.0. The normalized spacial score (nSPS) is 13.8. The Kier molecular flexibility index (Phi) is 7.64. The number of thiazole rings is 1. The van der Waals surface area contributed by atoms with E-state index in [0.717, 1.165) is 10.6 Å². The van der Waals surface area contributed by atoms with Crippen LogP contribution in [0.15, 0.2) is 29.6 Å². The molecular formula is C20H22ClN3O5S. The van der Waals surface area contributed by atoms with Crippen molar-refractivity contribution >= 4 is 40.9 Å². The third-order valence-electron chi connectivity index (χ3n) is 4.46. The van der Waals surface area contributed by atoms with E-state index in [1.54, 1.807) is 28.2 Å². The molecule has 1 aromatic heterocycles. The lowest BCUT2D eigenvalue weighted by Gasteiger charge is -2.33. The SMILES string of the molecule is CCOC(=O)N1CCN(C(=O)COC(=O)Cc2csc(-c3cccc(Cl)c3)n2)CC1. The highest BCUT2D eigenvalue weighted by atomic mass is 35.5. The second kappa shape index (κ2) is 10.4. The van der Waals surface area contributed by atoms with Gasteiger partial charge in [0, 0.05) is 42.1 Å². The first-order valence-corrected chi connectivity index (χ1v) is 10.8. The maximum Gasteiger partial charge on any atom is 0.409 e. The molecule has 0 radical (unpaired) electrons. The summed E-state index contributed by atoms with van der Waals surface area (Å²) in [4.78, 5) is 43.6. The van der Waals surface area contributed by atoms with Crippen LogP contribution in [0.4, 0.5) is 4.79 Å². The summed E-state index contributed by atoms with van der Waals surface area (Å²) in [7, 11) is 0. The van der Waals surface area contributed by atoms with Gasteiger partial charge in [-0.05, 0) is 19.1 Å². The summed E-state index contributed by atoms with van der Waals surface area (Å²) in [5.41, 5.74) is 1.46. The summed E-state index contributed by atoms with van der Waals surface area (Å²) in [6.07, 6.45) is -0.391. The van der Waals surface area contributed by atoms with Gasteiger partial charge in [0.1, 0.15) is 5.01 Å². The van der Waals surface area contributed by atoms with Crippen LogP contribution in [0, 0.1) is 0 Å². The van der Waals surface area contributed by atoms with Crippen molar-refractivity contribution in [1.82, 2.24) is 14.8 Å². The van der Waals surface area contributed by atoms with Crippen molar-refractivity contribution in [3.05, 3.63) is 40.4 Å². The van der Waals surface area contributed by atoms with Crippen LogP contribution in [0.5, 0.6) is 0 Å². The summed E-state index contributed by atoms with van der Waals surface area (Å²) in [5, 5.41) is 3.16. The zero-order valence-corrected chi connectivity index (χ0v) is 18.1. The smallest absolute Gasteiger partial charge is 0.409 e. The minimum absolute atomic E-state index is 0.0129. The van der Waals surface area contributed by atoms with Gasteiger partial charge in [-0.3, -0.25) is 9.59 Å². The zero-order valence-electron chi connectivity index (χ0n) is 16.5. The van der Waals surface area contributed by atoms with E-state index in [0.29, 0.717) is 43.5 Å². The topological polar surface area (TPSA) is 89.0 Å². The molecule has 3 rings (SSSR count). The number of rotatable bonds is 6. The summed E-state index contributed by atoms with van der Waals surface area (Å²) < 4.78 is 10.1. The van der Waals surface area contributed by atoms with Crippen molar-refractivity contribution in [2.75, 3.05) is 39.4 Å². The molecule has 1 saturated heterocycles. The molecule has 1 aliphatic heterocycles. The van der Waals surface area contributed by atoms with Crippen molar-refractivity contribution in [2.24, 2.45) is 0 Å². The monoisotopic (exact) mass is 451 g/mol. The van der Waals surface area contributed by atoms with Crippen LogP contribution in [0.1, 0.15) is 12.6 Å². The minimum Gasteiger partial charge on any atom is -0.455 e. The van der Waals surface area contributed by atoms with Crippen LogP contribution in [0.25, 0.3) is 10.6 Å². The van der Waals surface area contributed by atoms with E-state index >= 15 is 0 Å². The average Bonchev–Trinajstić information content (AvgIpc) is 3.21. The number of halogens is 1. The molecule has 2 heterocycles. The molecule has 0 spiro atoms. The first-order chi connectivity index (χ1) is 14.5. The molecule has 2 aromatic rings. The molecule has 10 heteroatoms. The first-order valence-electron chi connectivity index (χ1n) is 9.51. The summed E-state index contributed by atoms with van der Waals surface area (Å²) in [6.45, 7) is 3.27. The van der Waals surface area contributed by atoms with Crippen molar-refractivity contribution in [3.63, 3.8) is 0 Å². The van der Waals surface area contributed by atoms with E-state index in [1.807, 2.05) is 18.2 Å². The number of aromatic nitrogens is 1. The van der Waals surface area contributed by atoms with Gasteiger partial charge < -0.3 is 19.3 Å². The predicted octanol–water partition coefficient (Wildman–Crippen LogP) is 2.85. The van der Waals surface area contributed by atoms with E-state index in [9.17, 15) is 14.4 Å². The summed E-state index contributed by atoms with van der Waals surface area (Å²) in [6, 6.07) is 7.33. The molecule has 0 saturated carbocycles. The van der Waals surface area contributed by atoms with Gasteiger partial charge in [0.25, 0.3) is 5.91 Å². The van der Waals surface area contributed by atoms with Crippen LogP contribution in [0.2, 0.25) is 5.02 Å². The Balaban J connectivity index is 1.43. The second-order valence-corrected chi connectivity index (χ2v) is 7.85. The van der Waals surface area contributed by atoms with Gasteiger partial charge in [-0.25, -0.2) is 9.78 Å². The average molecular weight is 452 g/mol. The Labute approximate surface area is 183 Å². The lowest BCUT2D eigenvalue weighted by molar-refractivity contribution is -0.152. The maximum atomic E-state index is 12.3. The van der Waals surface area contributed by atoms with Gasteiger partial charge in [0.2, 0.25) is 0 Å². The predicted molar refractivity (Wildman–Crippen MR) is 112 cm³/mol. The highest BCUT2D eigenvalue weighted by Crippen LogP contribution is 2.26. The van der Waals surface area contributed by atoms with Gasteiger partial charge in [-0.2, -0.15) is 0 Å². The lowest BCUT2D eigenvalue weighted by atomic mass is 10.2. The molecular weight excluding hydrogens is 430 g/mol. The van der Waals surface area contributed by atoms with Gasteiger partial charge in [0.05, 0.1) is 18.7 Å². The number of amides is 2. The Morgan fingerprint density at radius 2 is 1.87 bits per heavy atom. The van der Waals surface area contributed by atoms with E-state index in [-0.39, 0.29) is 25.0 Å². The van der Waals surface area contributed by atoms with Crippen molar-refractivity contribution in [1.29, 1.82) is 0 Å². The van der Waals surface area contributed by atoms with Crippen LogP contribution in [-0.4, -0.2) is 72.1 Å². The number of carbonyl (C=O) groups excluding carboxylic acids is 3. The summed E-state index contributed by atoms with van der Waals surface area (Å²) in [5.74, 6) is -0.804. The fraction of sp³-hybridized carbons (Fsp3) is 0.400. The van der Waals surface area contributed by atoms with Crippen molar-refractivity contribution < 1.29 is 23.9 Å². The largest absolute Gasteiger partial charge is 0.455 e. The van der Waals surface area contributed by atoms with Gasteiger partial charge in [-0.1, -0.05) is 23.7 Å². The molecule has 1 aromatic carbocycles. The third kappa shape index (κ3) is 5.93. The fourth-order valence-corrected chi connectivity index (χ4v) is 3.93. The molecule has 0 bridgehead atoms. The van der Waals surface area contributed by atoms with E-state index in [4.69, 9.17) is 21.1 Å². The molecule has 30 heavy (non-hydrogen) atoms. The fourth-order valence-electron chi connectivity index (χ4n) is 2.93. The van der Waals surface area contributed by atoms with Crippen LogP contribution < -0.4 is 0 Å². The molecule has 0 aliphatic carbocycles. The Bertz CT molecular complexity index is 911. The zero-order chi connectivity index (χ0) is 21.5. The third-order valence-corrected chi connectivity index (χ3v) is 5.64. The standard InChI is InChI=1S/C20H22ClN3O5S/c1-2-28-20(27)24-8-6-23(7-9-24)17(25)12-29-18(26)11-16-13-30-19(22-16)14-4-3-5-15(21)10-14/h3-5,10,13H,2,6-9,11-12H2,1H3. The van der Waals surface area contributed by atoms with Crippen LogP contribution in [0.3, 0.4) is 0 Å². The number of benzene rings is 1. The van der Waals surface area contributed by atoms with Gasteiger partial charge in [0.15, 0.2) is 6.61 Å². The Hall–Kier alpha value is -2.65.